The fourth-order valence-corrected chi connectivity index (χ4v) is 4.52. The molecule has 5 rings (SSSR count). The van der Waals surface area contributed by atoms with Crippen LogP contribution >= 0.6 is 0 Å². The number of fused-ring (bicyclic) bond motifs is 2. The molecule has 2 aliphatic rings. The van der Waals surface area contributed by atoms with Crippen LogP contribution < -0.4 is 10.1 Å². The molecule has 7 heteroatoms. The number of hydrogen-bond donors (Lipinski definition) is 3. The molecule has 1 aliphatic heterocycles. The van der Waals surface area contributed by atoms with Crippen LogP contribution in [0, 0.1) is 6.92 Å². The highest BCUT2D eigenvalue weighted by atomic mass is 16.5. The zero-order valence-electron chi connectivity index (χ0n) is 16.1. The van der Waals surface area contributed by atoms with Gasteiger partial charge in [0.2, 0.25) is 0 Å². The molecule has 4 atom stereocenters. The monoisotopic (exact) mass is 393 g/mol. The Hall–Kier alpha value is -2.90. The van der Waals surface area contributed by atoms with Crippen molar-refractivity contribution in [1.82, 2.24) is 14.9 Å². The molecule has 29 heavy (non-hydrogen) atoms. The van der Waals surface area contributed by atoms with Crippen molar-refractivity contribution in [3.05, 3.63) is 59.4 Å². The second-order valence-electron chi connectivity index (χ2n) is 7.82. The predicted octanol–water partition coefficient (Wildman–Crippen LogP) is 1.74. The molecule has 1 amide bonds. The third kappa shape index (κ3) is 2.89. The number of aliphatic hydroxyl groups is 2. The number of aliphatic hydroxyl groups excluding tert-OH is 2. The summed E-state index contributed by atoms with van der Waals surface area (Å²) in [6, 6.07) is 9.07. The molecule has 0 saturated heterocycles. The maximum absolute atomic E-state index is 12.3. The number of carbonyl (C=O) groups excluding carboxylic acids is 1. The quantitative estimate of drug-likeness (QED) is 0.630. The highest BCUT2D eigenvalue weighted by Crippen LogP contribution is 2.37. The second kappa shape index (κ2) is 6.86. The van der Waals surface area contributed by atoms with Crippen molar-refractivity contribution in [2.75, 3.05) is 6.54 Å². The number of aromatic nitrogens is 2. The van der Waals surface area contributed by atoms with Gasteiger partial charge in [0.1, 0.15) is 29.7 Å². The lowest BCUT2D eigenvalue weighted by atomic mass is 9.99. The van der Waals surface area contributed by atoms with Crippen LogP contribution in [0.5, 0.6) is 5.75 Å². The van der Waals surface area contributed by atoms with Crippen molar-refractivity contribution < 1.29 is 19.7 Å². The standard InChI is InChI=1S/C22H23N3O4/c1-12-5-8-23-21-14(12)7-10-25(21)15-11-17(20(27)19(15)26)29-16-4-2-3-13-6-9-24-22(28)18(13)16/h2-5,7-8,10,15,17,19-20,26-27H,6,9,11H2,1H3,(H,24,28)/t15?,17?,19-,20+/m0/s1. The maximum Gasteiger partial charge on any atom is 0.255 e. The van der Waals surface area contributed by atoms with Gasteiger partial charge in [0.05, 0.1) is 11.6 Å². The van der Waals surface area contributed by atoms with E-state index in [-0.39, 0.29) is 11.9 Å². The first-order chi connectivity index (χ1) is 14.0. The number of hydrogen-bond acceptors (Lipinski definition) is 5. The van der Waals surface area contributed by atoms with Gasteiger partial charge in [-0.2, -0.15) is 0 Å². The van der Waals surface area contributed by atoms with E-state index in [0.29, 0.717) is 24.3 Å². The minimum absolute atomic E-state index is 0.164. The number of amides is 1. The van der Waals surface area contributed by atoms with E-state index in [9.17, 15) is 15.0 Å². The lowest BCUT2D eigenvalue weighted by Gasteiger charge is -2.23. The summed E-state index contributed by atoms with van der Waals surface area (Å²) < 4.78 is 8.00. The van der Waals surface area contributed by atoms with Crippen LogP contribution in [0.2, 0.25) is 0 Å². The predicted molar refractivity (Wildman–Crippen MR) is 107 cm³/mol. The highest BCUT2D eigenvalue weighted by Gasteiger charge is 2.44. The molecule has 1 fully saturated rings. The van der Waals surface area contributed by atoms with E-state index in [1.54, 1.807) is 12.3 Å². The van der Waals surface area contributed by atoms with E-state index in [4.69, 9.17) is 4.74 Å². The van der Waals surface area contributed by atoms with Gasteiger partial charge in [-0.1, -0.05) is 12.1 Å². The SMILES string of the molecule is Cc1ccnc2c1ccn2C1CC(Oc2cccc3c2C(=O)NCC3)[C@@H](O)[C@H]1O. The molecular weight excluding hydrogens is 370 g/mol. The van der Waals surface area contributed by atoms with Crippen LogP contribution in [0.1, 0.15) is 33.9 Å². The minimum atomic E-state index is -1.07. The zero-order valence-corrected chi connectivity index (χ0v) is 16.1. The Labute approximate surface area is 167 Å². The third-order valence-electron chi connectivity index (χ3n) is 6.09. The van der Waals surface area contributed by atoms with Crippen molar-refractivity contribution in [3.8, 4) is 5.75 Å². The molecular formula is C22H23N3O4. The average molecular weight is 393 g/mol. The van der Waals surface area contributed by atoms with Gasteiger partial charge in [-0.25, -0.2) is 4.98 Å². The van der Waals surface area contributed by atoms with Gasteiger partial charge in [0, 0.05) is 30.7 Å². The van der Waals surface area contributed by atoms with Crippen LogP contribution in [0.25, 0.3) is 11.0 Å². The Bertz CT molecular complexity index is 1090. The number of nitrogens with zero attached hydrogens (tertiary/aromatic N) is 2. The number of pyridine rings is 1. The largest absolute Gasteiger partial charge is 0.487 e. The summed E-state index contributed by atoms with van der Waals surface area (Å²) >= 11 is 0. The smallest absolute Gasteiger partial charge is 0.255 e. The normalized spacial score (nSPS) is 26.4. The summed E-state index contributed by atoms with van der Waals surface area (Å²) in [5.74, 6) is 0.283. The summed E-state index contributed by atoms with van der Waals surface area (Å²) in [5.41, 5.74) is 3.34. The zero-order chi connectivity index (χ0) is 20.1. The molecule has 3 aromatic rings. The Morgan fingerprint density at radius 1 is 1.21 bits per heavy atom. The molecule has 7 nitrogen and oxygen atoms in total. The summed E-state index contributed by atoms with van der Waals surface area (Å²) in [6.45, 7) is 2.62. The molecule has 2 aromatic heterocycles. The van der Waals surface area contributed by atoms with Crippen LogP contribution in [0.15, 0.2) is 42.7 Å². The fourth-order valence-electron chi connectivity index (χ4n) is 4.52. The Morgan fingerprint density at radius 2 is 2.07 bits per heavy atom. The maximum atomic E-state index is 12.3. The van der Waals surface area contributed by atoms with Gasteiger partial charge in [-0.05, 0) is 42.7 Å². The molecule has 0 spiro atoms. The summed E-state index contributed by atoms with van der Waals surface area (Å²) in [6.07, 6.45) is 2.11. The lowest BCUT2D eigenvalue weighted by molar-refractivity contribution is -0.0165. The molecule has 150 valence electrons. The minimum Gasteiger partial charge on any atom is -0.487 e. The van der Waals surface area contributed by atoms with E-state index in [1.807, 2.05) is 42.0 Å². The number of ether oxygens (including phenoxy) is 1. The average Bonchev–Trinajstić information content (AvgIpc) is 3.26. The fraction of sp³-hybridized carbons (Fsp3) is 0.364. The molecule has 0 bridgehead atoms. The van der Waals surface area contributed by atoms with Gasteiger partial charge >= 0.3 is 0 Å². The van der Waals surface area contributed by atoms with E-state index in [1.165, 1.54) is 0 Å². The van der Waals surface area contributed by atoms with Crippen molar-refractivity contribution >= 4 is 16.9 Å². The van der Waals surface area contributed by atoms with Gasteiger partial charge < -0.3 is 24.8 Å². The third-order valence-corrected chi connectivity index (χ3v) is 6.09. The summed E-state index contributed by atoms with van der Waals surface area (Å²) in [7, 11) is 0. The summed E-state index contributed by atoms with van der Waals surface area (Å²) in [5, 5.41) is 25.3. The number of nitrogens with one attached hydrogen (secondary N) is 1. The van der Waals surface area contributed by atoms with Gasteiger partial charge in [-0.15, -0.1) is 0 Å². The van der Waals surface area contributed by atoms with E-state index >= 15 is 0 Å². The van der Waals surface area contributed by atoms with Crippen molar-refractivity contribution in [3.63, 3.8) is 0 Å². The van der Waals surface area contributed by atoms with E-state index in [2.05, 4.69) is 10.3 Å². The number of carbonyl (C=O) groups is 1. The molecule has 0 radical (unpaired) electrons. The molecule has 1 aliphatic carbocycles. The van der Waals surface area contributed by atoms with Crippen LogP contribution in [0.3, 0.4) is 0 Å². The van der Waals surface area contributed by atoms with E-state index < -0.39 is 18.3 Å². The molecule has 1 saturated carbocycles. The van der Waals surface area contributed by atoms with Gasteiger partial charge in [-0.3, -0.25) is 4.79 Å². The van der Waals surface area contributed by atoms with Gasteiger partial charge in [0.15, 0.2) is 0 Å². The van der Waals surface area contributed by atoms with E-state index in [0.717, 1.165) is 28.6 Å². The Morgan fingerprint density at radius 3 is 2.93 bits per heavy atom. The van der Waals surface area contributed by atoms with Crippen LogP contribution in [-0.2, 0) is 6.42 Å². The van der Waals surface area contributed by atoms with Crippen molar-refractivity contribution in [2.45, 2.75) is 44.1 Å². The van der Waals surface area contributed by atoms with Crippen molar-refractivity contribution in [2.24, 2.45) is 0 Å². The van der Waals surface area contributed by atoms with Crippen molar-refractivity contribution in [1.29, 1.82) is 0 Å². The lowest BCUT2D eigenvalue weighted by Crippen LogP contribution is -2.36. The summed E-state index contributed by atoms with van der Waals surface area (Å²) in [4.78, 5) is 16.8. The number of rotatable bonds is 3. The first-order valence-electron chi connectivity index (χ1n) is 9.89. The number of aryl methyl sites for hydroxylation is 1. The first kappa shape index (κ1) is 18.1. The Kier molecular flexibility index (Phi) is 4.29. The second-order valence-corrected chi connectivity index (χ2v) is 7.82. The molecule has 1 aromatic carbocycles. The van der Waals surface area contributed by atoms with Gasteiger partial charge in [0.25, 0.3) is 5.91 Å². The molecule has 2 unspecified atom stereocenters. The molecule has 3 heterocycles. The van der Waals surface area contributed by atoms with Crippen LogP contribution in [-0.4, -0.2) is 50.5 Å². The Balaban J connectivity index is 1.45. The highest BCUT2D eigenvalue weighted by molar-refractivity contribution is 5.99. The topological polar surface area (TPSA) is 96.6 Å². The number of benzene rings is 1. The first-order valence-corrected chi connectivity index (χ1v) is 9.89. The molecule has 3 N–H and O–H groups in total. The van der Waals surface area contributed by atoms with Crippen LogP contribution in [0.4, 0.5) is 0 Å².